The van der Waals surface area contributed by atoms with Crippen LogP contribution in [0.4, 0.5) is 5.69 Å². The molecule has 4 nitrogen and oxygen atoms in total. The van der Waals surface area contributed by atoms with Crippen molar-refractivity contribution in [2.75, 3.05) is 18.2 Å². The van der Waals surface area contributed by atoms with Crippen LogP contribution < -0.4 is 10.1 Å². The van der Waals surface area contributed by atoms with Crippen molar-refractivity contribution in [3.63, 3.8) is 0 Å². The summed E-state index contributed by atoms with van der Waals surface area (Å²) < 4.78 is 5.55. The van der Waals surface area contributed by atoms with Crippen molar-refractivity contribution >= 4 is 23.4 Å². The van der Waals surface area contributed by atoms with Crippen molar-refractivity contribution in [2.45, 2.75) is 10.8 Å². The third-order valence-corrected chi connectivity index (χ3v) is 4.40. The Morgan fingerprint density at radius 1 is 1.36 bits per heavy atom. The monoisotopic (exact) mass is 310 g/mol. The number of hydrogen-bond donors (Lipinski definition) is 1. The number of para-hydroxylation sites is 1. The van der Waals surface area contributed by atoms with E-state index in [2.05, 4.69) is 11.4 Å². The summed E-state index contributed by atoms with van der Waals surface area (Å²) in [6.07, 6.45) is 1.94. The molecule has 5 heteroatoms. The number of anilines is 1. The van der Waals surface area contributed by atoms with Gasteiger partial charge >= 0.3 is 0 Å². The van der Waals surface area contributed by atoms with E-state index in [0.717, 1.165) is 16.2 Å². The van der Waals surface area contributed by atoms with Crippen LogP contribution >= 0.6 is 11.8 Å². The molecule has 0 aliphatic carbocycles. The number of hydrogen-bond acceptors (Lipinski definition) is 4. The molecule has 0 saturated carbocycles. The van der Waals surface area contributed by atoms with Gasteiger partial charge in [0.05, 0.1) is 17.3 Å². The van der Waals surface area contributed by atoms with Crippen molar-refractivity contribution in [1.82, 2.24) is 0 Å². The third kappa shape index (κ3) is 2.66. The summed E-state index contributed by atoms with van der Waals surface area (Å²) in [4.78, 5) is 13.5. The number of nitriles is 1. The summed E-state index contributed by atoms with van der Waals surface area (Å²) in [6, 6.07) is 15.0. The minimum absolute atomic E-state index is 0.115. The fraction of sp³-hybridized carbons (Fsp3) is 0.176. The molecule has 0 aromatic heterocycles. The number of ether oxygens (including phenoxy) is 1. The van der Waals surface area contributed by atoms with Crippen molar-refractivity contribution in [3.05, 3.63) is 53.6 Å². The molecule has 0 fully saturated rings. The SMILES string of the molecule is CSc1ccc(C#N)cc1NC(=O)[C@@H]1COc2ccccc21. The van der Waals surface area contributed by atoms with Crippen LogP contribution in [0.5, 0.6) is 5.75 Å². The number of rotatable bonds is 3. The largest absolute Gasteiger partial charge is 0.492 e. The number of nitrogens with one attached hydrogen (secondary N) is 1. The Kier molecular flexibility index (Phi) is 4.03. The average Bonchev–Trinajstić information content (AvgIpc) is 2.99. The van der Waals surface area contributed by atoms with E-state index in [0.29, 0.717) is 17.9 Å². The smallest absolute Gasteiger partial charge is 0.235 e. The van der Waals surface area contributed by atoms with E-state index in [-0.39, 0.29) is 11.8 Å². The highest BCUT2D eigenvalue weighted by Gasteiger charge is 2.30. The molecule has 2 aromatic rings. The molecule has 0 radical (unpaired) electrons. The highest BCUT2D eigenvalue weighted by Crippen LogP contribution is 2.35. The van der Waals surface area contributed by atoms with Gasteiger partial charge in [-0.25, -0.2) is 0 Å². The number of fused-ring (bicyclic) bond motifs is 1. The van der Waals surface area contributed by atoms with Gasteiger partial charge in [0, 0.05) is 10.5 Å². The standard InChI is InChI=1S/C17H14N2O2S/c1-22-16-7-6-11(9-18)8-14(16)19-17(20)13-10-21-15-5-3-2-4-12(13)15/h2-8,13H,10H2,1H3,(H,19,20)/t13-/m1/s1. The lowest BCUT2D eigenvalue weighted by atomic mass is 10.0. The normalized spacial score (nSPS) is 15.5. The van der Waals surface area contributed by atoms with Crippen LogP contribution in [0.15, 0.2) is 47.4 Å². The lowest BCUT2D eigenvalue weighted by molar-refractivity contribution is -0.117. The van der Waals surface area contributed by atoms with Gasteiger partial charge in [-0.1, -0.05) is 18.2 Å². The van der Waals surface area contributed by atoms with Gasteiger partial charge in [0.15, 0.2) is 0 Å². The van der Waals surface area contributed by atoms with E-state index < -0.39 is 0 Å². The lowest BCUT2D eigenvalue weighted by Gasteiger charge is -2.13. The van der Waals surface area contributed by atoms with Gasteiger partial charge in [0.1, 0.15) is 18.3 Å². The molecule has 0 spiro atoms. The van der Waals surface area contributed by atoms with E-state index >= 15 is 0 Å². The van der Waals surface area contributed by atoms with Crippen LogP contribution in [0, 0.1) is 11.3 Å². The van der Waals surface area contributed by atoms with Gasteiger partial charge in [0.2, 0.25) is 5.91 Å². The van der Waals surface area contributed by atoms with E-state index in [1.165, 1.54) is 11.8 Å². The van der Waals surface area contributed by atoms with Gasteiger partial charge < -0.3 is 10.1 Å². The Hall–Kier alpha value is -2.45. The fourth-order valence-corrected chi connectivity index (χ4v) is 3.01. The molecule has 1 aliphatic heterocycles. The van der Waals surface area contributed by atoms with E-state index in [4.69, 9.17) is 10.00 Å². The third-order valence-electron chi connectivity index (χ3n) is 3.60. The first-order chi connectivity index (χ1) is 10.7. The Bertz CT molecular complexity index is 767. The summed E-state index contributed by atoms with van der Waals surface area (Å²) in [7, 11) is 0. The molecule has 1 N–H and O–H groups in total. The molecule has 1 heterocycles. The number of nitrogens with zero attached hydrogens (tertiary/aromatic N) is 1. The summed E-state index contributed by atoms with van der Waals surface area (Å²) in [5.74, 6) is 0.325. The molecule has 2 aromatic carbocycles. The zero-order chi connectivity index (χ0) is 15.5. The quantitative estimate of drug-likeness (QED) is 0.883. The molecule has 0 saturated heterocycles. The van der Waals surface area contributed by atoms with E-state index in [1.54, 1.807) is 12.1 Å². The maximum absolute atomic E-state index is 12.6. The molecule has 0 unspecified atom stereocenters. The maximum atomic E-state index is 12.6. The Balaban J connectivity index is 1.85. The first kappa shape index (κ1) is 14.5. The number of benzene rings is 2. The Labute approximate surface area is 133 Å². The molecule has 3 rings (SSSR count). The summed E-state index contributed by atoms with van der Waals surface area (Å²) in [6.45, 7) is 0.345. The topological polar surface area (TPSA) is 62.1 Å². The van der Waals surface area contributed by atoms with Gasteiger partial charge in [-0.2, -0.15) is 5.26 Å². The minimum Gasteiger partial charge on any atom is -0.492 e. The number of thioether (sulfide) groups is 1. The molecule has 110 valence electrons. The molecule has 1 atom stereocenters. The van der Waals surface area contributed by atoms with Crippen LogP contribution in [-0.2, 0) is 4.79 Å². The van der Waals surface area contributed by atoms with Crippen molar-refractivity contribution in [2.24, 2.45) is 0 Å². The van der Waals surface area contributed by atoms with Crippen LogP contribution in [0.3, 0.4) is 0 Å². The first-order valence-electron chi connectivity index (χ1n) is 6.83. The summed E-state index contributed by atoms with van der Waals surface area (Å²) >= 11 is 1.53. The highest BCUT2D eigenvalue weighted by atomic mass is 32.2. The molecular formula is C17H14N2O2S. The van der Waals surface area contributed by atoms with E-state index in [9.17, 15) is 4.79 Å². The van der Waals surface area contributed by atoms with Gasteiger partial charge in [-0.3, -0.25) is 4.79 Å². The van der Waals surface area contributed by atoms with Crippen LogP contribution in [-0.4, -0.2) is 18.8 Å². The average molecular weight is 310 g/mol. The number of carbonyl (C=O) groups excluding carboxylic acids is 1. The van der Waals surface area contributed by atoms with Gasteiger partial charge in [-0.05, 0) is 30.5 Å². The Morgan fingerprint density at radius 3 is 2.95 bits per heavy atom. The molecular weight excluding hydrogens is 296 g/mol. The fourth-order valence-electron chi connectivity index (χ4n) is 2.47. The Morgan fingerprint density at radius 2 is 2.18 bits per heavy atom. The molecule has 1 aliphatic rings. The van der Waals surface area contributed by atoms with Gasteiger partial charge in [0.25, 0.3) is 0 Å². The minimum atomic E-state index is -0.323. The van der Waals surface area contributed by atoms with Crippen LogP contribution in [0.2, 0.25) is 0 Å². The van der Waals surface area contributed by atoms with Crippen LogP contribution in [0.1, 0.15) is 17.0 Å². The van der Waals surface area contributed by atoms with E-state index in [1.807, 2.05) is 36.6 Å². The van der Waals surface area contributed by atoms with Crippen LogP contribution in [0.25, 0.3) is 0 Å². The maximum Gasteiger partial charge on any atom is 0.235 e. The summed E-state index contributed by atoms with van der Waals surface area (Å²) in [5, 5.41) is 11.9. The predicted molar refractivity (Wildman–Crippen MR) is 86.2 cm³/mol. The second-order valence-corrected chi connectivity index (χ2v) is 5.77. The van der Waals surface area contributed by atoms with Crippen molar-refractivity contribution < 1.29 is 9.53 Å². The van der Waals surface area contributed by atoms with Gasteiger partial charge in [-0.15, -0.1) is 11.8 Å². The van der Waals surface area contributed by atoms with Crippen molar-refractivity contribution in [3.8, 4) is 11.8 Å². The van der Waals surface area contributed by atoms with Crippen molar-refractivity contribution in [1.29, 1.82) is 5.26 Å². The zero-order valence-electron chi connectivity index (χ0n) is 12.0. The molecule has 22 heavy (non-hydrogen) atoms. The molecule has 1 amide bonds. The second kappa shape index (κ2) is 6.12. The molecule has 0 bridgehead atoms. The second-order valence-electron chi connectivity index (χ2n) is 4.92. The zero-order valence-corrected chi connectivity index (χ0v) is 12.8. The number of carbonyl (C=O) groups is 1. The highest BCUT2D eigenvalue weighted by molar-refractivity contribution is 7.98. The summed E-state index contributed by atoms with van der Waals surface area (Å²) in [5.41, 5.74) is 2.10. The predicted octanol–water partition coefficient (Wildman–Crippen LogP) is 3.39. The number of amides is 1. The lowest BCUT2D eigenvalue weighted by Crippen LogP contribution is -2.22. The first-order valence-corrected chi connectivity index (χ1v) is 8.06.